The first-order valence-corrected chi connectivity index (χ1v) is 8.16. The number of hydrogen-bond acceptors (Lipinski definition) is 1. The van der Waals surface area contributed by atoms with E-state index < -0.39 is 0 Å². The van der Waals surface area contributed by atoms with Crippen LogP contribution in [0.3, 0.4) is 0 Å². The highest BCUT2D eigenvalue weighted by atomic mass is 127. The minimum atomic E-state index is -0.231. The van der Waals surface area contributed by atoms with Gasteiger partial charge >= 0.3 is 0 Å². The van der Waals surface area contributed by atoms with E-state index in [9.17, 15) is 4.39 Å². The van der Waals surface area contributed by atoms with E-state index in [1.54, 1.807) is 6.07 Å². The summed E-state index contributed by atoms with van der Waals surface area (Å²) in [6.07, 6.45) is 0. The lowest BCUT2D eigenvalue weighted by Crippen LogP contribution is -1.97. The average Bonchev–Trinajstić information content (AvgIpc) is 2.74. The van der Waals surface area contributed by atoms with E-state index in [-0.39, 0.29) is 5.82 Å². The molecule has 0 fully saturated rings. The van der Waals surface area contributed by atoms with Crippen LogP contribution < -0.4 is 0 Å². The number of fused-ring (bicyclic) bond motifs is 1. The SMILES string of the molecule is CC(C)c1cccc(-n2c(=S)[nH]c3cc(I)c(F)cc32)c1. The van der Waals surface area contributed by atoms with Gasteiger partial charge in [-0.25, -0.2) is 4.39 Å². The van der Waals surface area contributed by atoms with Crippen LogP contribution in [0.25, 0.3) is 16.7 Å². The van der Waals surface area contributed by atoms with Crippen molar-refractivity contribution in [2.45, 2.75) is 19.8 Å². The van der Waals surface area contributed by atoms with Crippen LogP contribution in [0.15, 0.2) is 36.4 Å². The standard InChI is InChI=1S/C16H14FIN2S/c1-9(2)10-4-3-5-11(6-10)20-15-7-12(17)13(18)8-14(15)19-16(20)21/h3-9H,1-2H3,(H,19,21). The van der Waals surface area contributed by atoms with Crippen molar-refractivity contribution in [3.63, 3.8) is 0 Å². The van der Waals surface area contributed by atoms with E-state index in [2.05, 4.69) is 31.0 Å². The van der Waals surface area contributed by atoms with Gasteiger partial charge < -0.3 is 4.98 Å². The van der Waals surface area contributed by atoms with Gasteiger partial charge in [-0.1, -0.05) is 26.0 Å². The molecule has 0 aliphatic rings. The third kappa shape index (κ3) is 2.64. The summed E-state index contributed by atoms with van der Waals surface area (Å²) in [5.74, 6) is 0.202. The molecule has 2 aromatic carbocycles. The molecule has 0 aliphatic carbocycles. The number of halogens is 2. The molecule has 0 saturated heterocycles. The monoisotopic (exact) mass is 412 g/mol. The predicted molar refractivity (Wildman–Crippen MR) is 95.2 cm³/mol. The van der Waals surface area contributed by atoms with E-state index in [0.29, 0.717) is 14.3 Å². The van der Waals surface area contributed by atoms with Gasteiger partial charge in [0.05, 0.1) is 14.6 Å². The molecule has 3 rings (SSSR count). The highest BCUT2D eigenvalue weighted by Crippen LogP contribution is 2.25. The predicted octanol–water partition coefficient (Wildman–Crippen LogP) is 5.56. The van der Waals surface area contributed by atoms with Gasteiger partial charge in [0.1, 0.15) is 5.82 Å². The van der Waals surface area contributed by atoms with E-state index in [1.807, 2.05) is 39.3 Å². The fourth-order valence-corrected chi connectivity index (χ4v) is 3.16. The summed E-state index contributed by atoms with van der Waals surface area (Å²) in [7, 11) is 0. The van der Waals surface area contributed by atoms with Crippen molar-refractivity contribution in [2.24, 2.45) is 0 Å². The maximum Gasteiger partial charge on any atom is 0.182 e. The number of H-pyrrole nitrogens is 1. The summed E-state index contributed by atoms with van der Waals surface area (Å²) in [5, 5.41) is 0. The Bertz CT molecular complexity index is 880. The Kier molecular flexibility index (Phi) is 3.88. The molecule has 1 heterocycles. The van der Waals surface area contributed by atoms with Crippen molar-refractivity contribution in [3.8, 4) is 5.69 Å². The molecule has 2 nitrogen and oxygen atoms in total. The Morgan fingerprint density at radius 3 is 2.71 bits per heavy atom. The fraction of sp³-hybridized carbons (Fsp3) is 0.188. The topological polar surface area (TPSA) is 20.7 Å². The molecule has 1 aromatic heterocycles. The Morgan fingerprint density at radius 1 is 1.24 bits per heavy atom. The number of hydrogen-bond donors (Lipinski definition) is 1. The third-order valence-corrected chi connectivity index (χ3v) is 4.63. The number of benzene rings is 2. The molecule has 0 atom stereocenters. The zero-order chi connectivity index (χ0) is 15.1. The maximum absolute atomic E-state index is 13.9. The quantitative estimate of drug-likeness (QED) is 0.432. The number of imidazole rings is 1. The lowest BCUT2D eigenvalue weighted by molar-refractivity contribution is 0.622. The lowest BCUT2D eigenvalue weighted by atomic mass is 10.0. The van der Waals surface area contributed by atoms with Crippen molar-refractivity contribution >= 4 is 45.8 Å². The average molecular weight is 412 g/mol. The van der Waals surface area contributed by atoms with Crippen LogP contribution in [-0.4, -0.2) is 9.55 Å². The molecule has 0 unspecified atom stereocenters. The van der Waals surface area contributed by atoms with Crippen LogP contribution in [0.2, 0.25) is 0 Å². The van der Waals surface area contributed by atoms with Gasteiger partial charge in [0.15, 0.2) is 4.77 Å². The first kappa shape index (κ1) is 14.7. The molecule has 0 aliphatic heterocycles. The molecule has 21 heavy (non-hydrogen) atoms. The molecule has 108 valence electrons. The largest absolute Gasteiger partial charge is 0.330 e. The molecule has 0 radical (unpaired) electrons. The Morgan fingerprint density at radius 2 is 2.00 bits per heavy atom. The van der Waals surface area contributed by atoms with Crippen molar-refractivity contribution in [2.75, 3.05) is 0 Å². The van der Waals surface area contributed by atoms with Gasteiger partial charge in [0.2, 0.25) is 0 Å². The van der Waals surface area contributed by atoms with Gasteiger partial charge in [0, 0.05) is 11.8 Å². The van der Waals surface area contributed by atoms with Crippen LogP contribution >= 0.6 is 34.8 Å². The molecule has 0 bridgehead atoms. The highest BCUT2D eigenvalue weighted by molar-refractivity contribution is 14.1. The third-order valence-electron chi connectivity index (χ3n) is 3.52. The zero-order valence-electron chi connectivity index (χ0n) is 11.7. The van der Waals surface area contributed by atoms with Gasteiger partial charge in [-0.3, -0.25) is 4.57 Å². The van der Waals surface area contributed by atoms with Crippen LogP contribution in [0, 0.1) is 14.2 Å². The lowest BCUT2D eigenvalue weighted by Gasteiger charge is -2.10. The highest BCUT2D eigenvalue weighted by Gasteiger charge is 2.11. The Labute approximate surface area is 141 Å². The first-order chi connectivity index (χ1) is 9.97. The minimum absolute atomic E-state index is 0.231. The molecular formula is C16H14FIN2S. The summed E-state index contributed by atoms with van der Waals surface area (Å²) >= 11 is 7.40. The number of nitrogens with zero attached hydrogens (tertiary/aromatic N) is 1. The molecule has 0 amide bonds. The first-order valence-electron chi connectivity index (χ1n) is 6.67. The van der Waals surface area contributed by atoms with Crippen LogP contribution in [0.5, 0.6) is 0 Å². The van der Waals surface area contributed by atoms with Gasteiger partial charge in [-0.05, 0) is 64.5 Å². The second kappa shape index (κ2) is 5.53. The van der Waals surface area contributed by atoms with Crippen LogP contribution in [0.1, 0.15) is 25.3 Å². The van der Waals surface area contributed by atoms with Crippen LogP contribution in [-0.2, 0) is 0 Å². The van der Waals surface area contributed by atoms with E-state index in [1.165, 1.54) is 11.6 Å². The second-order valence-electron chi connectivity index (χ2n) is 5.30. The van der Waals surface area contributed by atoms with Crippen molar-refractivity contribution in [1.82, 2.24) is 9.55 Å². The normalized spacial score (nSPS) is 11.5. The number of aromatic nitrogens is 2. The molecule has 5 heteroatoms. The van der Waals surface area contributed by atoms with Crippen LogP contribution in [0.4, 0.5) is 4.39 Å². The molecule has 0 saturated carbocycles. The van der Waals surface area contributed by atoms with E-state index in [0.717, 1.165) is 16.7 Å². The van der Waals surface area contributed by atoms with E-state index in [4.69, 9.17) is 12.2 Å². The van der Waals surface area contributed by atoms with E-state index >= 15 is 0 Å². The van der Waals surface area contributed by atoms with Gasteiger partial charge in [-0.15, -0.1) is 0 Å². The Hall–Kier alpha value is -1.21. The Balaban J connectivity index is 2.30. The van der Waals surface area contributed by atoms with Crippen molar-refractivity contribution in [1.29, 1.82) is 0 Å². The minimum Gasteiger partial charge on any atom is -0.330 e. The number of rotatable bonds is 2. The smallest absolute Gasteiger partial charge is 0.182 e. The molecule has 0 spiro atoms. The second-order valence-corrected chi connectivity index (χ2v) is 6.85. The number of nitrogens with one attached hydrogen (secondary N) is 1. The summed E-state index contributed by atoms with van der Waals surface area (Å²) in [5.41, 5.74) is 3.80. The summed E-state index contributed by atoms with van der Waals surface area (Å²) in [6.45, 7) is 4.30. The number of aromatic amines is 1. The maximum atomic E-state index is 13.9. The molecule has 3 aromatic rings. The van der Waals surface area contributed by atoms with Gasteiger partial charge in [0.25, 0.3) is 0 Å². The molecule has 1 N–H and O–H groups in total. The summed E-state index contributed by atoms with van der Waals surface area (Å²) in [6, 6.07) is 11.5. The zero-order valence-corrected chi connectivity index (χ0v) is 14.6. The summed E-state index contributed by atoms with van der Waals surface area (Å²) < 4.78 is 16.9. The fourth-order valence-electron chi connectivity index (χ4n) is 2.38. The van der Waals surface area contributed by atoms with Gasteiger partial charge in [-0.2, -0.15) is 0 Å². The van der Waals surface area contributed by atoms with Crippen molar-refractivity contribution < 1.29 is 4.39 Å². The molecular weight excluding hydrogens is 398 g/mol. The summed E-state index contributed by atoms with van der Waals surface area (Å²) in [4.78, 5) is 3.15. The van der Waals surface area contributed by atoms with Crippen molar-refractivity contribution in [3.05, 3.63) is 56.1 Å².